The van der Waals surface area contributed by atoms with Gasteiger partial charge in [-0.2, -0.15) is 0 Å². The monoisotopic (exact) mass is 478 g/mol. The largest absolute Gasteiger partial charge is 0.333 e. The summed E-state index contributed by atoms with van der Waals surface area (Å²) in [6.07, 6.45) is 0. The molecule has 2 aromatic rings. The summed E-state index contributed by atoms with van der Waals surface area (Å²) in [6, 6.07) is 10.9. The highest BCUT2D eigenvalue weighted by Gasteiger charge is 2.32. The molecule has 3 rings (SSSR count). The molecule has 0 unspecified atom stereocenters. The lowest BCUT2D eigenvalue weighted by Gasteiger charge is -2.32. The minimum atomic E-state index is -3.98. The first kappa shape index (κ1) is 23.6. The van der Waals surface area contributed by atoms with Crippen LogP contribution >= 0.6 is 11.6 Å². The number of nitrogens with one attached hydrogen (secondary N) is 2. The van der Waals surface area contributed by atoms with Gasteiger partial charge in [-0.05, 0) is 43.7 Å². The zero-order chi connectivity index (χ0) is 23.5. The number of para-hydroxylation sites is 1. The lowest BCUT2D eigenvalue weighted by atomic mass is 10.2. The second-order valence-electron chi connectivity index (χ2n) is 7.23. The van der Waals surface area contributed by atoms with E-state index in [-0.39, 0.29) is 34.4 Å². The van der Waals surface area contributed by atoms with Crippen molar-refractivity contribution in [2.24, 2.45) is 0 Å². The van der Waals surface area contributed by atoms with E-state index in [2.05, 4.69) is 10.0 Å². The second-order valence-corrected chi connectivity index (χ2v) is 9.28. The molecule has 1 aliphatic heterocycles. The summed E-state index contributed by atoms with van der Waals surface area (Å²) in [5, 5.41) is 2.84. The number of aryl methyl sites for hydroxylation is 1. The molecule has 170 valence electrons. The molecule has 0 aromatic heterocycles. The number of piperazine rings is 1. The van der Waals surface area contributed by atoms with Crippen LogP contribution in [0.2, 0.25) is 5.02 Å². The fraction of sp³-hybridized carbons (Fsp3) is 0.286. The van der Waals surface area contributed by atoms with Gasteiger partial charge in [0.25, 0.3) is 10.0 Å². The molecular weight excluding hydrogens is 456 g/mol. The van der Waals surface area contributed by atoms with Crippen LogP contribution in [0, 0.1) is 6.92 Å². The number of nitrogens with zero attached hydrogens (tertiary/aromatic N) is 2. The Kier molecular flexibility index (Phi) is 7.05. The molecule has 2 aromatic carbocycles. The maximum Gasteiger partial charge on any atom is 0.312 e. The van der Waals surface area contributed by atoms with Crippen LogP contribution in [0.3, 0.4) is 0 Å². The fourth-order valence-electron chi connectivity index (χ4n) is 3.25. The highest BCUT2D eigenvalue weighted by Crippen LogP contribution is 2.26. The Morgan fingerprint density at radius 3 is 2.41 bits per heavy atom. The minimum absolute atomic E-state index is 0.0296. The number of benzene rings is 2. The number of hydrogen-bond acceptors (Lipinski definition) is 5. The average Bonchev–Trinajstić information content (AvgIpc) is 2.74. The van der Waals surface area contributed by atoms with Crippen LogP contribution in [0.5, 0.6) is 0 Å². The SMILES string of the molecule is CCN1CCN(CC(=O)Nc2ccc(C)c(S(=O)(=O)Nc3ccccc3Cl)c2)C(=O)C1=O. The summed E-state index contributed by atoms with van der Waals surface area (Å²) in [7, 11) is -3.98. The zero-order valence-corrected chi connectivity index (χ0v) is 19.2. The third-order valence-corrected chi connectivity index (χ3v) is 6.83. The molecule has 2 N–H and O–H groups in total. The van der Waals surface area contributed by atoms with Gasteiger partial charge in [0, 0.05) is 25.3 Å². The number of sulfonamides is 1. The first-order valence-corrected chi connectivity index (χ1v) is 11.7. The molecule has 0 spiro atoms. The predicted octanol–water partition coefficient (Wildman–Crippen LogP) is 2.08. The summed E-state index contributed by atoms with van der Waals surface area (Å²) in [4.78, 5) is 39.2. The minimum Gasteiger partial charge on any atom is -0.333 e. The normalized spacial score (nSPS) is 14.5. The van der Waals surface area contributed by atoms with E-state index in [1.54, 1.807) is 44.2 Å². The number of anilines is 2. The van der Waals surface area contributed by atoms with Gasteiger partial charge >= 0.3 is 11.8 Å². The van der Waals surface area contributed by atoms with Crippen LogP contribution < -0.4 is 10.0 Å². The van der Waals surface area contributed by atoms with Gasteiger partial charge in [-0.1, -0.05) is 29.8 Å². The molecule has 1 saturated heterocycles. The Bertz CT molecular complexity index is 1170. The number of amides is 3. The van der Waals surface area contributed by atoms with E-state index < -0.39 is 27.7 Å². The molecule has 3 amide bonds. The van der Waals surface area contributed by atoms with Crippen molar-refractivity contribution >= 4 is 50.7 Å². The van der Waals surface area contributed by atoms with Crippen LogP contribution in [0.15, 0.2) is 47.4 Å². The molecule has 0 saturated carbocycles. The Hall–Kier alpha value is -3.11. The maximum atomic E-state index is 12.9. The van der Waals surface area contributed by atoms with E-state index in [9.17, 15) is 22.8 Å². The van der Waals surface area contributed by atoms with Crippen LogP contribution in [-0.4, -0.2) is 62.1 Å². The molecule has 11 heteroatoms. The van der Waals surface area contributed by atoms with Gasteiger partial charge in [-0.15, -0.1) is 0 Å². The lowest BCUT2D eigenvalue weighted by Crippen LogP contribution is -2.55. The number of halogens is 1. The molecule has 0 radical (unpaired) electrons. The van der Waals surface area contributed by atoms with E-state index in [1.807, 2.05) is 0 Å². The van der Waals surface area contributed by atoms with Crippen molar-refractivity contribution in [3.63, 3.8) is 0 Å². The number of hydrogen-bond donors (Lipinski definition) is 2. The standard InChI is InChI=1S/C21H23ClN4O5S/c1-3-25-10-11-26(21(29)20(25)28)13-19(27)23-15-9-8-14(2)18(12-15)32(30,31)24-17-7-5-4-6-16(17)22/h4-9,12,24H,3,10-11,13H2,1-2H3,(H,23,27). The van der Waals surface area contributed by atoms with Gasteiger partial charge in [0.15, 0.2) is 0 Å². The van der Waals surface area contributed by atoms with Crippen molar-refractivity contribution in [1.29, 1.82) is 0 Å². The highest BCUT2D eigenvalue weighted by atomic mass is 35.5. The van der Waals surface area contributed by atoms with Gasteiger partial charge in [-0.25, -0.2) is 8.42 Å². The maximum absolute atomic E-state index is 12.9. The summed E-state index contributed by atoms with van der Waals surface area (Å²) >= 11 is 6.05. The average molecular weight is 479 g/mol. The topological polar surface area (TPSA) is 116 Å². The zero-order valence-electron chi connectivity index (χ0n) is 17.6. The molecule has 1 aliphatic rings. The summed E-state index contributed by atoms with van der Waals surface area (Å²) < 4.78 is 28.2. The smallest absolute Gasteiger partial charge is 0.312 e. The van der Waals surface area contributed by atoms with Gasteiger partial charge in [0.05, 0.1) is 15.6 Å². The van der Waals surface area contributed by atoms with Gasteiger partial charge in [-0.3, -0.25) is 19.1 Å². The number of carbonyl (C=O) groups excluding carboxylic acids is 3. The van der Waals surface area contributed by atoms with Crippen LogP contribution in [0.25, 0.3) is 0 Å². The van der Waals surface area contributed by atoms with Crippen molar-refractivity contribution in [3.8, 4) is 0 Å². The van der Waals surface area contributed by atoms with Gasteiger partial charge in [0.1, 0.15) is 6.54 Å². The van der Waals surface area contributed by atoms with E-state index in [0.29, 0.717) is 18.7 Å². The summed E-state index contributed by atoms with van der Waals surface area (Å²) in [5.41, 5.74) is 0.947. The molecule has 0 atom stereocenters. The molecule has 0 aliphatic carbocycles. The van der Waals surface area contributed by atoms with Crippen molar-refractivity contribution < 1.29 is 22.8 Å². The van der Waals surface area contributed by atoms with Gasteiger partial charge < -0.3 is 15.1 Å². The predicted molar refractivity (Wildman–Crippen MR) is 121 cm³/mol. The van der Waals surface area contributed by atoms with E-state index in [1.165, 1.54) is 21.9 Å². The number of likely N-dealkylation sites (N-methyl/N-ethyl adjacent to an activating group) is 1. The molecule has 1 fully saturated rings. The van der Waals surface area contributed by atoms with Crippen LogP contribution in [0.1, 0.15) is 12.5 Å². The Morgan fingerprint density at radius 1 is 1.06 bits per heavy atom. The Balaban J connectivity index is 1.73. The van der Waals surface area contributed by atoms with Crippen molar-refractivity contribution in [2.45, 2.75) is 18.7 Å². The lowest BCUT2D eigenvalue weighted by molar-refractivity contribution is -0.156. The second kappa shape index (κ2) is 9.58. The Labute approximate surface area is 191 Å². The molecule has 9 nitrogen and oxygen atoms in total. The quantitative estimate of drug-likeness (QED) is 0.591. The number of carbonyl (C=O) groups is 3. The summed E-state index contributed by atoms with van der Waals surface area (Å²) in [6.45, 7) is 4.13. The first-order chi connectivity index (χ1) is 15.1. The van der Waals surface area contributed by atoms with Crippen LogP contribution in [0.4, 0.5) is 11.4 Å². The molecule has 32 heavy (non-hydrogen) atoms. The van der Waals surface area contributed by atoms with E-state index in [0.717, 1.165) is 0 Å². The van der Waals surface area contributed by atoms with Crippen molar-refractivity contribution in [3.05, 3.63) is 53.1 Å². The van der Waals surface area contributed by atoms with E-state index >= 15 is 0 Å². The first-order valence-electron chi connectivity index (χ1n) is 9.88. The van der Waals surface area contributed by atoms with Crippen LogP contribution in [-0.2, 0) is 24.4 Å². The van der Waals surface area contributed by atoms with E-state index in [4.69, 9.17) is 11.6 Å². The fourth-order valence-corrected chi connectivity index (χ4v) is 4.84. The van der Waals surface area contributed by atoms with Gasteiger partial charge in [0.2, 0.25) is 5.91 Å². The molecule has 0 bridgehead atoms. The van der Waals surface area contributed by atoms with Crippen molar-refractivity contribution in [2.75, 3.05) is 36.2 Å². The molecular formula is C21H23ClN4O5S. The van der Waals surface area contributed by atoms with Crippen molar-refractivity contribution in [1.82, 2.24) is 9.80 Å². The Morgan fingerprint density at radius 2 is 1.72 bits per heavy atom. The number of rotatable bonds is 7. The highest BCUT2D eigenvalue weighted by molar-refractivity contribution is 7.92. The third-order valence-electron chi connectivity index (χ3n) is 4.99. The summed E-state index contributed by atoms with van der Waals surface area (Å²) in [5.74, 6) is -1.91. The molecule has 1 heterocycles. The third kappa shape index (κ3) is 5.20.